The molecule has 1 spiro atoms. The lowest BCUT2D eigenvalue weighted by atomic mass is 9.77. The number of nitrogens with zero attached hydrogens (tertiary/aromatic N) is 2. The van der Waals surface area contributed by atoms with Crippen molar-refractivity contribution in [2.45, 2.75) is 46.0 Å². The zero-order chi connectivity index (χ0) is 18.4. The smallest absolute Gasteiger partial charge is 0.228 e. The molecule has 4 heteroatoms. The number of likely N-dealkylation sites (tertiary alicyclic amines) is 1. The molecule has 2 unspecified atom stereocenters. The van der Waals surface area contributed by atoms with E-state index in [-0.39, 0.29) is 22.6 Å². The van der Waals surface area contributed by atoms with Gasteiger partial charge in [0.15, 0.2) is 0 Å². The maximum absolute atomic E-state index is 13.1. The van der Waals surface area contributed by atoms with Crippen molar-refractivity contribution < 1.29 is 9.59 Å². The van der Waals surface area contributed by atoms with Crippen molar-refractivity contribution in [2.75, 3.05) is 24.5 Å². The monoisotopic (exact) mass is 352 g/mol. The lowest BCUT2D eigenvalue weighted by Crippen LogP contribution is -2.43. The fourth-order valence-corrected chi connectivity index (χ4v) is 4.78. The van der Waals surface area contributed by atoms with Crippen LogP contribution < -0.4 is 4.90 Å². The van der Waals surface area contributed by atoms with Gasteiger partial charge in [-0.25, -0.2) is 0 Å². The fraction of sp³-hybridized carbons (Fsp3) is 0.545. The minimum atomic E-state index is -0.264. The van der Waals surface area contributed by atoms with Crippen LogP contribution in [0.25, 0.3) is 0 Å². The number of anilines is 1. The average molecular weight is 352 g/mol. The largest absolute Gasteiger partial charge is 0.342 e. The number of rotatable bonds is 2. The Morgan fingerprint density at radius 3 is 2.54 bits per heavy atom. The first-order chi connectivity index (χ1) is 12.4. The molecule has 0 aromatic heterocycles. The quantitative estimate of drug-likeness (QED) is 0.762. The molecule has 138 valence electrons. The van der Waals surface area contributed by atoms with E-state index >= 15 is 0 Å². The van der Waals surface area contributed by atoms with Crippen LogP contribution in [-0.2, 0) is 9.59 Å². The Morgan fingerprint density at radius 2 is 1.85 bits per heavy atom. The molecule has 0 N–H and O–H groups in total. The second-order valence-corrected chi connectivity index (χ2v) is 8.74. The van der Waals surface area contributed by atoms with Crippen LogP contribution in [0, 0.1) is 17.8 Å². The van der Waals surface area contributed by atoms with Crippen LogP contribution >= 0.6 is 0 Å². The SMILES string of the molecule is Cc1ccc(N2CC3(CCN(C(=O)C4(C)CC=CCC4)C3)CC2=O)cc1. The lowest BCUT2D eigenvalue weighted by molar-refractivity contribution is -0.141. The summed E-state index contributed by atoms with van der Waals surface area (Å²) in [6.07, 6.45) is 8.56. The Morgan fingerprint density at radius 1 is 1.08 bits per heavy atom. The fourth-order valence-electron chi connectivity index (χ4n) is 4.78. The van der Waals surface area contributed by atoms with Gasteiger partial charge in [-0.05, 0) is 44.7 Å². The number of hydrogen-bond acceptors (Lipinski definition) is 2. The van der Waals surface area contributed by atoms with Crippen molar-refractivity contribution in [1.82, 2.24) is 4.90 Å². The molecular formula is C22H28N2O2. The van der Waals surface area contributed by atoms with E-state index in [1.54, 1.807) is 0 Å². The number of hydrogen-bond donors (Lipinski definition) is 0. The molecule has 4 rings (SSSR count). The van der Waals surface area contributed by atoms with Crippen LogP contribution in [-0.4, -0.2) is 36.3 Å². The van der Waals surface area contributed by atoms with Crippen LogP contribution in [0.15, 0.2) is 36.4 Å². The molecule has 0 radical (unpaired) electrons. The normalized spacial score (nSPS) is 31.2. The highest BCUT2D eigenvalue weighted by molar-refractivity contribution is 5.96. The van der Waals surface area contributed by atoms with Crippen molar-refractivity contribution in [3.63, 3.8) is 0 Å². The molecule has 2 amide bonds. The average Bonchev–Trinajstić information content (AvgIpc) is 3.19. The summed E-state index contributed by atoms with van der Waals surface area (Å²) in [5, 5.41) is 0. The van der Waals surface area contributed by atoms with Gasteiger partial charge >= 0.3 is 0 Å². The van der Waals surface area contributed by atoms with E-state index in [0.717, 1.165) is 51.0 Å². The number of benzene rings is 1. The molecule has 3 aliphatic rings. The number of allylic oxidation sites excluding steroid dienone is 2. The molecule has 1 aromatic carbocycles. The zero-order valence-corrected chi connectivity index (χ0v) is 15.8. The van der Waals surface area contributed by atoms with E-state index in [2.05, 4.69) is 38.1 Å². The van der Waals surface area contributed by atoms with Crippen LogP contribution in [0.4, 0.5) is 5.69 Å². The minimum absolute atomic E-state index is 0.0709. The predicted octanol–water partition coefficient (Wildman–Crippen LogP) is 3.70. The van der Waals surface area contributed by atoms with Gasteiger partial charge in [0, 0.05) is 37.2 Å². The summed E-state index contributed by atoms with van der Waals surface area (Å²) in [5.41, 5.74) is 1.84. The molecule has 1 aliphatic carbocycles. The van der Waals surface area contributed by atoms with Gasteiger partial charge in [-0.15, -0.1) is 0 Å². The number of carbonyl (C=O) groups is 2. The number of carbonyl (C=O) groups excluding carboxylic acids is 2. The van der Waals surface area contributed by atoms with E-state index < -0.39 is 0 Å². The highest BCUT2D eigenvalue weighted by Crippen LogP contribution is 2.44. The number of amides is 2. The van der Waals surface area contributed by atoms with Gasteiger partial charge in [0.1, 0.15) is 0 Å². The lowest BCUT2D eigenvalue weighted by Gasteiger charge is -2.34. The highest BCUT2D eigenvalue weighted by Gasteiger charge is 2.50. The van der Waals surface area contributed by atoms with E-state index in [1.165, 1.54) is 5.56 Å². The Balaban J connectivity index is 1.48. The third kappa shape index (κ3) is 2.95. The summed E-state index contributed by atoms with van der Waals surface area (Å²) in [4.78, 5) is 29.7. The maximum Gasteiger partial charge on any atom is 0.228 e. The first kappa shape index (κ1) is 17.3. The van der Waals surface area contributed by atoms with Crippen molar-refractivity contribution in [3.05, 3.63) is 42.0 Å². The van der Waals surface area contributed by atoms with Gasteiger partial charge in [0.2, 0.25) is 11.8 Å². The summed E-state index contributed by atoms with van der Waals surface area (Å²) in [7, 11) is 0. The molecule has 4 nitrogen and oxygen atoms in total. The van der Waals surface area contributed by atoms with Crippen molar-refractivity contribution in [3.8, 4) is 0 Å². The molecule has 2 heterocycles. The van der Waals surface area contributed by atoms with Gasteiger partial charge in [0.25, 0.3) is 0 Å². The van der Waals surface area contributed by atoms with E-state index in [9.17, 15) is 9.59 Å². The molecule has 2 saturated heterocycles. The molecule has 2 fully saturated rings. The summed E-state index contributed by atoms with van der Waals surface area (Å²) in [5.74, 6) is 0.468. The number of aryl methyl sites for hydroxylation is 1. The first-order valence-electron chi connectivity index (χ1n) is 9.72. The third-order valence-corrected chi connectivity index (χ3v) is 6.51. The van der Waals surface area contributed by atoms with Crippen molar-refractivity contribution in [2.24, 2.45) is 10.8 Å². The maximum atomic E-state index is 13.1. The van der Waals surface area contributed by atoms with Gasteiger partial charge in [-0.2, -0.15) is 0 Å². The molecule has 2 atom stereocenters. The van der Waals surface area contributed by atoms with Gasteiger partial charge in [-0.1, -0.05) is 36.8 Å². The van der Waals surface area contributed by atoms with Crippen molar-refractivity contribution >= 4 is 17.5 Å². The van der Waals surface area contributed by atoms with Gasteiger partial charge in [-0.3, -0.25) is 9.59 Å². The zero-order valence-electron chi connectivity index (χ0n) is 15.8. The van der Waals surface area contributed by atoms with Crippen LogP contribution in [0.2, 0.25) is 0 Å². The highest BCUT2D eigenvalue weighted by atomic mass is 16.2. The van der Waals surface area contributed by atoms with Crippen molar-refractivity contribution in [1.29, 1.82) is 0 Å². The molecule has 26 heavy (non-hydrogen) atoms. The molecule has 0 bridgehead atoms. The van der Waals surface area contributed by atoms with Crippen LogP contribution in [0.3, 0.4) is 0 Å². The van der Waals surface area contributed by atoms with E-state index in [1.807, 2.05) is 21.9 Å². The first-order valence-corrected chi connectivity index (χ1v) is 9.72. The summed E-state index contributed by atoms with van der Waals surface area (Å²) < 4.78 is 0. The van der Waals surface area contributed by atoms with Crippen LogP contribution in [0.5, 0.6) is 0 Å². The molecule has 0 saturated carbocycles. The summed E-state index contributed by atoms with van der Waals surface area (Å²) >= 11 is 0. The van der Waals surface area contributed by atoms with Gasteiger partial charge < -0.3 is 9.80 Å². The Hall–Kier alpha value is -2.10. The second-order valence-electron chi connectivity index (χ2n) is 8.74. The third-order valence-electron chi connectivity index (χ3n) is 6.51. The summed E-state index contributed by atoms with van der Waals surface area (Å²) in [6, 6.07) is 8.16. The summed E-state index contributed by atoms with van der Waals surface area (Å²) in [6.45, 7) is 6.39. The standard InChI is InChI=1S/C22H28N2O2/c1-17-6-8-18(9-7-17)24-16-22(14-19(24)25)12-13-23(15-22)20(26)21(2)10-4-3-5-11-21/h3-4,6-9H,5,10-16H2,1-2H3. The topological polar surface area (TPSA) is 40.6 Å². The molecule has 1 aromatic rings. The molecular weight excluding hydrogens is 324 g/mol. The predicted molar refractivity (Wildman–Crippen MR) is 103 cm³/mol. The molecule has 2 aliphatic heterocycles. The minimum Gasteiger partial charge on any atom is -0.342 e. The Bertz CT molecular complexity index is 754. The van der Waals surface area contributed by atoms with Crippen LogP contribution in [0.1, 0.15) is 44.6 Å². The second kappa shape index (κ2) is 6.26. The van der Waals surface area contributed by atoms with E-state index in [4.69, 9.17) is 0 Å². The van der Waals surface area contributed by atoms with E-state index in [0.29, 0.717) is 6.42 Å². The van der Waals surface area contributed by atoms with Gasteiger partial charge in [0.05, 0.1) is 5.41 Å². The Labute approximate surface area is 155 Å². The Kier molecular flexibility index (Phi) is 4.17.